The summed E-state index contributed by atoms with van der Waals surface area (Å²) in [4.78, 5) is 0. The number of imidazole rings is 2. The summed E-state index contributed by atoms with van der Waals surface area (Å²) in [6, 6.07) is 31.8. The number of hydrogen-bond donors (Lipinski definition) is 4. The second kappa shape index (κ2) is 18.1. The summed E-state index contributed by atoms with van der Waals surface area (Å²) in [5, 5.41) is 48.6. The Balaban J connectivity index is 0.000000192. The average molecular weight is 872 g/mol. The first-order valence-corrected chi connectivity index (χ1v) is 19.7. The third-order valence-electron chi connectivity index (χ3n) is 9.76. The van der Waals surface area contributed by atoms with Gasteiger partial charge in [0.25, 0.3) is 0 Å². The number of halogens is 5. The minimum absolute atomic E-state index is 0.157. The van der Waals surface area contributed by atoms with Crippen LogP contribution in [0.1, 0.15) is 34.6 Å². The minimum Gasteiger partial charge on any atom is -0.387 e. The highest BCUT2D eigenvalue weighted by molar-refractivity contribution is 6.42. The van der Waals surface area contributed by atoms with E-state index in [0.717, 1.165) is 22.1 Å². The average Bonchev–Trinajstić information content (AvgIpc) is 3.87. The van der Waals surface area contributed by atoms with Gasteiger partial charge in [-0.3, -0.25) is 15.4 Å². The van der Waals surface area contributed by atoms with Crippen LogP contribution in [0.25, 0.3) is 22.1 Å². The van der Waals surface area contributed by atoms with E-state index in [4.69, 9.17) is 63.6 Å². The van der Waals surface area contributed by atoms with E-state index in [9.17, 15) is 14.6 Å². The van der Waals surface area contributed by atoms with Crippen LogP contribution >= 0.6 is 46.4 Å². The van der Waals surface area contributed by atoms with Gasteiger partial charge in [0, 0.05) is 5.56 Å². The van der Waals surface area contributed by atoms with Gasteiger partial charge in [0.05, 0.1) is 93.3 Å². The third-order valence-corrected chi connectivity index (χ3v) is 11.2. The molecule has 59 heavy (non-hydrogen) atoms. The van der Waals surface area contributed by atoms with Crippen LogP contribution in [-0.2, 0) is 32.7 Å². The van der Waals surface area contributed by atoms with Crippen molar-refractivity contribution >= 4 is 68.5 Å². The van der Waals surface area contributed by atoms with Crippen LogP contribution in [0.4, 0.5) is 4.39 Å². The summed E-state index contributed by atoms with van der Waals surface area (Å²) < 4.78 is 22.6. The van der Waals surface area contributed by atoms with Gasteiger partial charge in [-0.15, -0.1) is 11.5 Å². The predicted molar refractivity (Wildman–Crippen MR) is 228 cm³/mol. The van der Waals surface area contributed by atoms with Crippen molar-refractivity contribution in [2.24, 2.45) is 0 Å². The number of benzene rings is 5. The van der Waals surface area contributed by atoms with Gasteiger partial charge in [-0.05, 0) is 65.7 Å². The van der Waals surface area contributed by atoms with Crippen LogP contribution in [0.15, 0.2) is 115 Å². The number of hydrogen-bond acceptors (Lipinski definition) is 6. The lowest BCUT2D eigenvalue weighted by Crippen LogP contribution is -2.27. The van der Waals surface area contributed by atoms with Crippen molar-refractivity contribution in [3.63, 3.8) is 0 Å². The van der Waals surface area contributed by atoms with E-state index in [2.05, 4.69) is 16.2 Å². The second-order valence-electron chi connectivity index (χ2n) is 13.6. The van der Waals surface area contributed by atoms with E-state index in [0.29, 0.717) is 55.6 Å². The van der Waals surface area contributed by atoms with Gasteiger partial charge < -0.3 is 23.9 Å². The molecule has 4 N–H and O–H groups in total. The molecule has 0 radical (unpaired) electrons. The Morgan fingerprint density at radius 2 is 1.10 bits per heavy atom. The fourth-order valence-electron chi connectivity index (χ4n) is 6.82. The molecular formula is C43H36Cl4FN9O2. The van der Waals surface area contributed by atoms with Gasteiger partial charge in [-0.2, -0.15) is 0 Å². The van der Waals surface area contributed by atoms with Crippen molar-refractivity contribution in [1.29, 1.82) is 10.8 Å². The molecule has 16 heteroatoms. The molecule has 0 saturated heterocycles. The normalized spacial score (nSPS) is 12.3. The number of aliphatic hydroxyl groups is 2. The van der Waals surface area contributed by atoms with Crippen molar-refractivity contribution < 1.29 is 14.6 Å². The molecule has 11 nitrogen and oxygen atoms in total. The zero-order valence-corrected chi connectivity index (χ0v) is 34.2. The van der Waals surface area contributed by atoms with Crippen molar-refractivity contribution in [2.75, 3.05) is 0 Å². The van der Waals surface area contributed by atoms with Crippen LogP contribution in [0.3, 0.4) is 0 Å². The Kier molecular flexibility index (Phi) is 12.7. The Labute approximate surface area is 357 Å². The molecule has 0 bridgehead atoms. The van der Waals surface area contributed by atoms with Crippen LogP contribution < -0.4 is 11.2 Å². The van der Waals surface area contributed by atoms with E-state index in [-0.39, 0.29) is 36.7 Å². The highest BCUT2D eigenvalue weighted by Gasteiger charge is 2.18. The number of fused-ring (bicyclic) bond motifs is 2. The summed E-state index contributed by atoms with van der Waals surface area (Å²) in [7, 11) is 0. The topological polar surface area (TPSA) is 139 Å². The van der Waals surface area contributed by atoms with Crippen molar-refractivity contribution in [1.82, 2.24) is 33.3 Å². The number of para-hydroxylation sites is 4. The van der Waals surface area contributed by atoms with Gasteiger partial charge in [0.2, 0.25) is 11.2 Å². The molecule has 0 amide bonds. The molecule has 3 heterocycles. The maximum atomic E-state index is 14.0. The maximum Gasteiger partial charge on any atom is 0.203 e. The molecule has 0 spiro atoms. The first-order chi connectivity index (χ1) is 28.4. The number of aliphatic hydroxyl groups excluding tert-OH is 2. The van der Waals surface area contributed by atoms with Crippen LogP contribution in [0.2, 0.25) is 20.1 Å². The van der Waals surface area contributed by atoms with Gasteiger partial charge in [-0.1, -0.05) is 112 Å². The third kappa shape index (κ3) is 9.01. The van der Waals surface area contributed by atoms with E-state index in [1.165, 1.54) is 6.07 Å². The van der Waals surface area contributed by atoms with Gasteiger partial charge in [0.1, 0.15) is 11.5 Å². The monoisotopic (exact) mass is 869 g/mol. The highest BCUT2D eigenvalue weighted by Crippen LogP contribution is 2.28. The molecule has 0 aliphatic rings. The molecule has 0 aliphatic heterocycles. The number of terminal acetylenes is 1. The van der Waals surface area contributed by atoms with E-state index in [1.54, 1.807) is 83.7 Å². The standard InChI is InChI=1S/C25H21Cl2FN6O.C18H15Cl2N3O/c26-19-10-9-16(11-20(19)27)24(35)15-34-23-8-4-3-7-22(23)33(25(34)29)14-18-13-32(31-30-18)12-17-5-1-2-6-21(17)28;1-2-9-22-15-5-3-4-6-16(15)23(18(22)21)11-17(24)12-7-8-13(19)14(20)10-12/h1-11,13,24,29,35H,12,14-15H2;1,3-8,10,17,21,24H,9,11H2. The molecule has 3 aromatic heterocycles. The molecule has 2 atom stereocenters. The summed E-state index contributed by atoms with van der Waals surface area (Å²) >= 11 is 24.1. The van der Waals surface area contributed by atoms with Gasteiger partial charge >= 0.3 is 0 Å². The summed E-state index contributed by atoms with van der Waals surface area (Å²) in [5.74, 6) is 2.27. The first-order valence-electron chi connectivity index (χ1n) is 18.2. The lowest BCUT2D eigenvalue weighted by molar-refractivity contribution is 0.155. The fourth-order valence-corrected chi connectivity index (χ4v) is 7.43. The number of rotatable bonds is 11. The highest BCUT2D eigenvalue weighted by atomic mass is 35.5. The van der Waals surface area contributed by atoms with E-state index < -0.39 is 12.2 Å². The molecule has 2 unspecified atom stereocenters. The van der Waals surface area contributed by atoms with Gasteiger partial charge in [-0.25, -0.2) is 9.07 Å². The minimum atomic E-state index is -0.889. The smallest absolute Gasteiger partial charge is 0.203 e. The second-order valence-corrected chi connectivity index (χ2v) is 15.2. The van der Waals surface area contributed by atoms with Crippen molar-refractivity contribution in [3.05, 3.63) is 175 Å². The summed E-state index contributed by atoms with van der Waals surface area (Å²) in [6.07, 6.45) is 5.45. The lowest BCUT2D eigenvalue weighted by Gasteiger charge is -2.13. The fraction of sp³-hybridized carbons (Fsp3) is 0.163. The number of nitrogens with one attached hydrogen (secondary N) is 2. The molecule has 300 valence electrons. The first kappa shape index (κ1) is 41.5. The van der Waals surface area contributed by atoms with Crippen molar-refractivity contribution in [3.8, 4) is 12.3 Å². The molecular weight excluding hydrogens is 835 g/mol. The van der Waals surface area contributed by atoms with Crippen LogP contribution in [-0.4, -0.2) is 43.5 Å². The molecule has 0 fully saturated rings. The molecule has 0 aliphatic carbocycles. The largest absolute Gasteiger partial charge is 0.387 e. The van der Waals surface area contributed by atoms with Crippen LogP contribution in [0, 0.1) is 29.0 Å². The quantitative estimate of drug-likeness (QED) is 0.0971. The van der Waals surface area contributed by atoms with Crippen LogP contribution in [0.5, 0.6) is 0 Å². The zero-order valence-electron chi connectivity index (χ0n) is 31.2. The Morgan fingerprint density at radius 1 is 0.627 bits per heavy atom. The SMILES string of the molecule is C#CCn1c(=N)n(CC(O)c2ccc(Cl)c(Cl)c2)c2ccccc21.N=c1n(Cc2cn(Cc3ccccc3F)nn2)c2ccccc2n1CC(O)c1ccc(Cl)c(Cl)c1. The summed E-state index contributed by atoms with van der Waals surface area (Å²) in [6.45, 7) is 1.23. The molecule has 5 aromatic carbocycles. The Bertz CT molecular complexity index is 2960. The Hall–Kier alpha value is -5.65. The van der Waals surface area contributed by atoms with Crippen molar-refractivity contribution in [2.45, 2.75) is 44.9 Å². The lowest BCUT2D eigenvalue weighted by atomic mass is 10.1. The number of nitrogens with zero attached hydrogens (tertiary/aromatic N) is 7. The van der Waals surface area contributed by atoms with E-state index in [1.807, 2.05) is 48.5 Å². The zero-order chi connectivity index (χ0) is 41.8. The Morgan fingerprint density at radius 3 is 1.61 bits per heavy atom. The number of aromatic nitrogens is 7. The predicted octanol–water partition coefficient (Wildman–Crippen LogP) is 8.39. The maximum absolute atomic E-state index is 14.0. The molecule has 0 saturated carbocycles. The van der Waals surface area contributed by atoms with E-state index >= 15 is 0 Å². The molecule has 8 rings (SSSR count). The molecule has 8 aromatic rings. The summed E-state index contributed by atoms with van der Waals surface area (Å²) in [5.41, 5.74) is 6.18. The van der Waals surface area contributed by atoms with Gasteiger partial charge in [0.15, 0.2) is 0 Å².